The Bertz CT molecular complexity index is 381. The molecule has 3 aliphatic rings. The molecule has 3 aliphatic heterocycles. The first kappa shape index (κ1) is 11.1. The summed E-state index contributed by atoms with van der Waals surface area (Å²) in [4.78, 5) is 9.40. The summed E-state index contributed by atoms with van der Waals surface area (Å²) >= 11 is 0. The number of aryl methyl sites for hydroxylation is 1. The van der Waals surface area contributed by atoms with Crippen molar-refractivity contribution in [2.45, 2.75) is 19.0 Å². The highest BCUT2D eigenvalue weighted by atomic mass is 15.3. The molecule has 2 unspecified atom stereocenters. The van der Waals surface area contributed by atoms with Gasteiger partial charge in [0.2, 0.25) is 0 Å². The van der Waals surface area contributed by atoms with E-state index >= 15 is 0 Å². The number of rotatable bonds is 2. The summed E-state index contributed by atoms with van der Waals surface area (Å²) in [5, 5.41) is 0. The van der Waals surface area contributed by atoms with E-state index in [0.717, 1.165) is 30.9 Å². The number of pyridine rings is 1. The summed E-state index contributed by atoms with van der Waals surface area (Å²) in [5.41, 5.74) is 8.61. The van der Waals surface area contributed by atoms with E-state index in [9.17, 15) is 0 Å². The molecule has 1 aromatic heterocycles. The molecule has 4 heteroatoms. The molecule has 1 aromatic rings. The molecule has 0 aromatic carbocycles. The molecule has 0 spiro atoms. The van der Waals surface area contributed by atoms with Crippen LogP contribution in [0.5, 0.6) is 0 Å². The number of nitrogens with two attached hydrogens (primary N) is 1. The highest BCUT2D eigenvalue weighted by Gasteiger charge is 2.35. The summed E-state index contributed by atoms with van der Waals surface area (Å²) in [7, 11) is 0. The van der Waals surface area contributed by atoms with Crippen LogP contribution in [-0.2, 0) is 0 Å². The van der Waals surface area contributed by atoms with E-state index in [1.165, 1.54) is 13.1 Å². The summed E-state index contributed by atoms with van der Waals surface area (Å²) < 4.78 is 0. The van der Waals surface area contributed by atoms with Gasteiger partial charge in [0.05, 0.1) is 0 Å². The molecular weight excluding hydrogens is 212 g/mol. The fraction of sp³-hybridized carbons (Fsp3) is 0.615. The average Bonchev–Trinajstić information content (AvgIpc) is 2.40. The van der Waals surface area contributed by atoms with Crippen LogP contribution >= 0.6 is 0 Å². The maximum absolute atomic E-state index is 6.40. The molecule has 4 heterocycles. The lowest BCUT2D eigenvalue weighted by Gasteiger charge is -2.49. The highest BCUT2D eigenvalue weighted by Crippen LogP contribution is 2.25. The fourth-order valence-corrected chi connectivity index (χ4v) is 2.90. The molecule has 0 amide bonds. The number of fused-ring (bicyclic) bond motifs is 3. The van der Waals surface area contributed by atoms with Gasteiger partial charge in [0.15, 0.2) is 0 Å². The van der Waals surface area contributed by atoms with Crippen molar-refractivity contribution >= 4 is 0 Å². The molecule has 0 aliphatic carbocycles. The first-order valence-electron chi connectivity index (χ1n) is 6.38. The molecule has 2 bridgehead atoms. The molecule has 3 saturated heterocycles. The van der Waals surface area contributed by atoms with Crippen LogP contribution in [0.2, 0.25) is 0 Å². The maximum Gasteiger partial charge on any atom is 0.0481 e. The van der Waals surface area contributed by atoms with Crippen LogP contribution in [0.4, 0.5) is 0 Å². The van der Waals surface area contributed by atoms with Gasteiger partial charge in [-0.3, -0.25) is 14.8 Å². The van der Waals surface area contributed by atoms with Crippen LogP contribution in [0.3, 0.4) is 0 Å². The molecule has 0 saturated carbocycles. The normalized spacial score (nSPS) is 33.6. The monoisotopic (exact) mass is 232 g/mol. The van der Waals surface area contributed by atoms with Gasteiger partial charge in [-0.2, -0.15) is 0 Å². The summed E-state index contributed by atoms with van der Waals surface area (Å²) in [6.45, 7) is 7.85. The molecular formula is C13H20N4. The maximum atomic E-state index is 6.40. The molecule has 17 heavy (non-hydrogen) atoms. The van der Waals surface area contributed by atoms with E-state index in [0.29, 0.717) is 6.04 Å². The minimum absolute atomic E-state index is 0.0891. The second-order valence-corrected chi connectivity index (χ2v) is 5.16. The van der Waals surface area contributed by atoms with Crippen LogP contribution < -0.4 is 5.73 Å². The number of hydrogen-bond acceptors (Lipinski definition) is 4. The van der Waals surface area contributed by atoms with Crippen LogP contribution in [0.25, 0.3) is 0 Å². The van der Waals surface area contributed by atoms with E-state index < -0.39 is 0 Å². The third kappa shape index (κ3) is 2.08. The lowest BCUT2D eigenvalue weighted by molar-refractivity contribution is 0.00210. The van der Waals surface area contributed by atoms with Gasteiger partial charge in [0, 0.05) is 56.7 Å². The molecule has 4 rings (SSSR count). The third-order valence-corrected chi connectivity index (χ3v) is 4.05. The van der Waals surface area contributed by atoms with Crippen molar-refractivity contribution in [2.75, 3.05) is 32.7 Å². The van der Waals surface area contributed by atoms with Crippen LogP contribution in [0, 0.1) is 6.92 Å². The quantitative estimate of drug-likeness (QED) is 0.801. The van der Waals surface area contributed by atoms with Crippen molar-refractivity contribution in [1.29, 1.82) is 0 Å². The number of hydrogen-bond donors (Lipinski definition) is 1. The van der Waals surface area contributed by atoms with Gasteiger partial charge >= 0.3 is 0 Å². The Labute approximate surface area is 102 Å². The Balaban J connectivity index is 1.77. The molecule has 3 fully saturated rings. The molecule has 2 N–H and O–H groups in total. The Morgan fingerprint density at radius 1 is 1.29 bits per heavy atom. The first-order valence-corrected chi connectivity index (χ1v) is 6.38. The minimum Gasteiger partial charge on any atom is -0.323 e. The number of aromatic nitrogens is 1. The van der Waals surface area contributed by atoms with E-state index in [1.807, 2.05) is 19.2 Å². The summed E-state index contributed by atoms with van der Waals surface area (Å²) in [6, 6.07) is 4.71. The van der Waals surface area contributed by atoms with Crippen molar-refractivity contribution < 1.29 is 0 Å². The smallest absolute Gasteiger partial charge is 0.0481 e. The van der Waals surface area contributed by atoms with Crippen LogP contribution in [0.15, 0.2) is 18.3 Å². The third-order valence-electron chi connectivity index (χ3n) is 4.05. The Morgan fingerprint density at radius 3 is 2.59 bits per heavy atom. The zero-order valence-corrected chi connectivity index (χ0v) is 10.3. The van der Waals surface area contributed by atoms with Gasteiger partial charge in [-0.05, 0) is 18.6 Å². The van der Waals surface area contributed by atoms with Gasteiger partial charge in [-0.25, -0.2) is 0 Å². The second-order valence-electron chi connectivity index (χ2n) is 5.16. The molecule has 4 nitrogen and oxygen atoms in total. The average molecular weight is 232 g/mol. The van der Waals surface area contributed by atoms with Gasteiger partial charge in [-0.1, -0.05) is 6.07 Å². The number of piperazine rings is 3. The van der Waals surface area contributed by atoms with Gasteiger partial charge in [-0.15, -0.1) is 0 Å². The van der Waals surface area contributed by atoms with Crippen molar-refractivity contribution in [3.05, 3.63) is 29.6 Å². The lowest BCUT2D eigenvalue weighted by atomic mass is 9.96. The topological polar surface area (TPSA) is 45.4 Å². The van der Waals surface area contributed by atoms with E-state index in [-0.39, 0.29) is 6.04 Å². The summed E-state index contributed by atoms with van der Waals surface area (Å²) in [6.07, 6.45) is 1.93. The Morgan fingerprint density at radius 2 is 2.06 bits per heavy atom. The minimum atomic E-state index is 0.0891. The molecule has 0 radical (unpaired) electrons. The van der Waals surface area contributed by atoms with Crippen molar-refractivity contribution in [2.24, 2.45) is 5.73 Å². The van der Waals surface area contributed by atoms with Crippen LogP contribution in [0.1, 0.15) is 17.3 Å². The van der Waals surface area contributed by atoms with E-state index in [1.54, 1.807) is 0 Å². The number of nitrogens with zero attached hydrogens (tertiary/aromatic N) is 3. The zero-order chi connectivity index (χ0) is 11.8. The van der Waals surface area contributed by atoms with E-state index in [2.05, 4.69) is 20.9 Å². The first-order chi connectivity index (χ1) is 8.24. The Hall–Kier alpha value is -0.970. The molecule has 92 valence electrons. The van der Waals surface area contributed by atoms with Crippen LogP contribution in [-0.4, -0.2) is 53.5 Å². The van der Waals surface area contributed by atoms with Crippen molar-refractivity contribution in [3.8, 4) is 0 Å². The second kappa shape index (κ2) is 4.37. The molecule has 2 atom stereocenters. The van der Waals surface area contributed by atoms with Gasteiger partial charge in [0.1, 0.15) is 0 Å². The standard InChI is InChI=1S/C13H20N4/c1-10-2-3-11(8-15-10)13(14)12-9-16-4-6-17(12)7-5-16/h2-3,8,12-13H,4-7,9,14H2,1H3. The Kier molecular flexibility index (Phi) is 2.86. The van der Waals surface area contributed by atoms with E-state index in [4.69, 9.17) is 5.73 Å². The van der Waals surface area contributed by atoms with Crippen molar-refractivity contribution in [1.82, 2.24) is 14.8 Å². The predicted octanol–water partition coefficient (Wildman–Crippen LogP) is 0.390. The highest BCUT2D eigenvalue weighted by molar-refractivity contribution is 5.19. The lowest BCUT2D eigenvalue weighted by Crippen LogP contribution is -2.63. The SMILES string of the molecule is Cc1ccc(C(N)C2CN3CCN2CC3)cn1. The van der Waals surface area contributed by atoms with Gasteiger partial charge < -0.3 is 5.73 Å². The predicted molar refractivity (Wildman–Crippen MR) is 67.7 cm³/mol. The van der Waals surface area contributed by atoms with Crippen molar-refractivity contribution in [3.63, 3.8) is 0 Å². The fourth-order valence-electron chi connectivity index (χ4n) is 2.90. The largest absolute Gasteiger partial charge is 0.323 e. The summed E-state index contributed by atoms with van der Waals surface area (Å²) in [5.74, 6) is 0. The van der Waals surface area contributed by atoms with Gasteiger partial charge in [0.25, 0.3) is 0 Å². The zero-order valence-electron chi connectivity index (χ0n) is 10.3.